The Balaban J connectivity index is 1.44. The lowest BCUT2D eigenvalue weighted by atomic mass is 9.78. The van der Waals surface area contributed by atoms with Gasteiger partial charge in [-0.15, -0.1) is 0 Å². The van der Waals surface area contributed by atoms with E-state index in [9.17, 15) is 4.79 Å². The second-order valence-electron chi connectivity index (χ2n) is 15.1. The van der Waals surface area contributed by atoms with Crippen molar-refractivity contribution in [3.63, 3.8) is 0 Å². The molecule has 5 rings (SSSR count). The fourth-order valence-electron chi connectivity index (χ4n) is 6.81. The van der Waals surface area contributed by atoms with Gasteiger partial charge in [0.05, 0.1) is 25.9 Å². The topological polar surface area (TPSA) is 54.0 Å². The first kappa shape index (κ1) is 36.1. The van der Waals surface area contributed by atoms with Gasteiger partial charge in [0, 0.05) is 12.0 Å². The second-order valence-corrected chi connectivity index (χ2v) is 19.9. The Morgan fingerprint density at radius 2 is 1.58 bits per heavy atom. The van der Waals surface area contributed by atoms with Gasteiger partial charge < -0.3 is 18.6 Å². The summed E-state index contributed by atoms with van der Waals surface area (Å²) in [7, 11) is -0.531. The number of fused-ring (bicyclic) bond motifs is 2. The van der Waals surface area contributed by atoms with Crippen molar-refractivity contribution in [1.29, 1.82) is 0 Å². The zero-order valence-electron chi connectivity index (χ0n) is 30.3. The third kappa shape index (κ3) is 8.69. The van der Waals surface area contributed by atoms with E-state index in [0.29, 0.717) is 19.6 Å². The predicted molar refractivity (Wildman–Crippen MR) is 197 cm³/mol. The molecule has 0 heterocycles. The van der Waals surface area contributed by atoms with E-state index in [1.54, 1.807) is 7.11 Å². The fourth-order valence-corrected chi connectivity index (χ4v) is 8.00. The minimum atomic E-state index is -2.21. The lowest BCUT2D eigenvalue weighted by molar-refractivity contribution is -0.115. The first-order chi connectivity index (χ1) is 23.0. The molecule has 3 atom stereocenters. The van der Waals surface area contributed by atoms with E-state index in [-0.39, 0.29) is 28.9 Å². The Hall–Kier alpha value is -3.19. The van der Waals surface area contributed by atoms with Crippen LogP contribution in [0.3, 0.4) is 0 Å². The smallest absolute Gasteiger partial charge is 0.193 e. The molecular formula is C42H56O5Si. The van der Waals surface area contributed by atoms with E-state index in [1.165, 1.54) is 29.5 Å². The number of hydrogen-bond donors (Lipinski definition) is 0. The Bertz CT molecular complexity index is 1540. The maximum absolute atomic E-state index is 13.9. The van der Waals surface area contributed by atoms with Crippen LogP contribution in [0, 0.1) is 5.92 Å². The van der Waals surface area contributed by atoms with Crippen LogP contribution >= 0.6 is 0 Å². The van der Waals surface area contributed by atoms with E-state index < -0.39 is 8.32 Å². The number of ketones is 1. The summed E-state index contributed by atoms with van der Waals surface area (Å²) >= 11 is 0. The van der Waals surface area contributed by atoms with Crippen LogP contribution in [0.5, 0.6) is 11.5 Å². The van der Waals surface area contributed by atoms with E-state index in [0.717, 1.165) is 60.3 Å². The molecule has 3 aromatic rings. The van der Waals surface area contributed by atoms with Crippen LogP contribution in [-0.4, -0.2) is 27.3 Å². The van der Waals surface area contributed by atoms with Crippen molar-refractivity contribution in [2.24, 2.45) is 5.92 Å². The Morgan fingerprint density at radius 1 is 0.854 bits per heavy atom. The van der Waals surface area contributed by atoms with Gasteiger partial charge >= 0.3 is 0 Å². The van der Waals surface area contributed by atoms with Gasteiger partial charge in [-0.05, 0) is 95.8 Å². The molecule has 0 spiro atoms. The van der Waals surface area contributed by atoms with E-state index in [1.807, 2.05) is 30.3 Å². The van der Waals surface area contributed by atoms with Crippen LogP contribution < -0.4 is 9.47 Å². The molecule has 6 heteroatoms. The molecule has 2 aliphatic carbocycles. The highest BCUT2D eigenvalue weighted by Gasteiger charge is 2.47. The zero-order valence-corrected chi connectivity index (χ0v) is 31.3. The van der Waals surface area contributed by atoms with Crippen LogP contribution in [0.15, 0.2) is 83.9 Å². The van der Waals surface area contributed by atoms with E-state index >= 15 is 0 Å². The quantitative estimate of drug-likeness (QED) is 0.112. The van der Waals surface area contributed by atoms with Crippen molar-refractivity contribution in [3.8, 4) is 11.5 Å². The maximum Gasteiger partial charge on any atom is 0.193 e. The molecule has 0 bridgehead atoms. The van der Waals surface area contributed by atoms with Gasteiger partial charge in [0.15, 0.2) is 14.1 Å². The lowest BCUT2D eigenvalue weighted by Gasteiger charge is -2.43. The highest BCUT2D eigenvalue weighted by Crippen LogP contribution is 2.53. The summed E-state index contributed by atoms with van der Waals surface area (Å²) in [6.45, 7) is 14.8. The molecule has 0 amide bonds. The van der Waals surface area contributed by atoms with Gasteiger partial charge in [0.1, 0.15) is 18.1 Å². The zero-order chi connectivity index (χ0) is 34.3. The Morgan fingerprint density at radius 3 is 2.27 bits per heavy atom. The van der Waals surface area contributed by atoms with Crippen LogP contribution in [0.2, 0.25) is 18.1 Å². The lowest BCUT2D eigenvalue weighted by Crippen LogP contribution is -2.43. The molecule has 0 fully saturated rings. The molecule has 5 nitrogen and oxygen atoms in total. The molecule has 258 valence electrons. The summed E-state index contributed by atoms with van der Waals surface area (Å²) in [5.41, 5.74) is 6.82. The van der Waals surface area contributed by atoms with Crippen LogP contribution in [-0.2, 0) is 33.6 Å². The summed E-state index contributed by atoms with van der Waals surface area (Å²) in [6, 6.07) is 24.8. The van der Waals surface area contributed by atoms with Crippen molar-refractivity contribution >= 4 is 14.1 Å². The number of ether oxygens (including phenoxy) is 3. The summed E-state index contributed by atoms with van der Waals surface area (Å²) in [4.78, 5) is 13.9. The summed E-state index contributed by atoms with van der Waals surface area (Å²) < 4.78 is 25.7. The molecule has 0 saturated heterocycles. The van der Waals surface area contributed by atoms with Crippen molar-refractivity contribution in [2.75, 3.05) is 7.11 Å². The number of carbonyl (C=O) groups excluding carboxylic acids is 1. The first-order valence-electron chi connectivity index (χ1n) is 18.0. The number of hydrogen-bond acceptors (Lipinski definition) is 5. The highest BCUT2D eigenvalue weighted by molar-refractivity contribution is 6.74. The molecule has 3 aromatic carbocycles. The molecule has 0 unspecified atom stereocenters. The van der Waals surface area contributed by atoms with Crippen LogP contribution in [0.1, 0.15) is 101 Å². The van der Waals surface area contributed by atoms with Gasteiger partial charge in [0.25, 0.3) is 0 Å². The third-order valence-electron chi connectivity index (χ3n) is 10.7. The van der Waals surface area contributed by atoms with Crippen LogP contribution in [0.25, 0.3) is 0 Å². The molecule has 2 aliphatic rings. The molecule has 0 saturated carbocycles. The number of methoxy groups -OCH3 is 1. The minimum Gasteiger partial charge on any atom is -0.497 e. The molecule has 0 radical (unpaired) electrons. The van der Waals surface area contributed by atoms with Gasteiger partial charge in [-0.25, -0.2) is 0 Å². The monoisotopic (exact) mass is 668 g/mol. The fraction of sp³-hybridized carbons (Fsp3) is 0.500. The van der Waals surface area contributed by atoms with Gasteiger partial charge in [-0.1, -0.05) is 102 Å². The van der Waals surface area contributed by atoms with Crippen LogP contribution in [0.4, 0.5) is 0 Å². The Kier molecular flexibility index (Phi) is 12.0. The van der Waals surface area contributed by atoms with E-state index in [2.05, 4.69) is 83.3 Å². The number of unbranched alkanes of at least 4 members (excludes halogenated alkanes) is 2. The molecule has 0 N–H and O–H groups in total. The number of benzene rings is 3. The van der Waals surface area contributed by atoms with Gasteiger partial charge in [-0.2, -0.15) is 0 Å². The molecule has 0 aliphatic heterocycles. The SMILES string of the molecule is CCCCC[C@@H](CCC1=C2[C@H](CC1=O)Cc1c(OCc3ccc(OC)cc3)cccc1[C@H]2O[Si](C)(C)C(C)(C)C)OCc1ccccc1. The highest BCUT2D eigenvalue weighted by atomic mass is 28.4. The molecular weight excluding hydrogens is 613 g/mol. The van der Waals surface area contributed by atoms with Gasteiger partial charge in [0.2, 0.25) is 0 Å². The van der Waals surface area contributed by atoms with Gasteiger partial charge in [-0.3, -0.25) is 4.79 Å². The van der Waals surface area contributed by atoms with Crippen molar-refractivity contribution < 1.29 is 23.4 Å². The number of rotatable bonds is 16. The van der Waals surface area contributed by atoms with Crippen molar-refractivity contribution in [1.82, 2.24) is 0 Å². The minimum absolute atomic E-state index is 0.0293. The molecule has 48 heavy (non-hydrogen) atoms. The normalized spacial score (nSPS) is 18.4. The largest absolute Gasteiger partial charge is 0.497 e. The standard InChI is InChI=1S/C42H56O5Si/c1-8-9-11-17-34(45-28-30-15-12-10-13-16-30)24-25-36-38(43)27-32-26-37-35(41(40(32)36)47-48(6,7)42(2,3)4)18-14-19-39(37)46-29-31-20-22-33(44-5)23-21-31/h10,12-16,18-23,32,34,41H,8-9,11,17,24-29H2,1-7H3/t32-,34-,41+/m0/s1. The maximum atomic E-state index is 13.9. The third-order valence-corrected chi connectivity index (χ3v) is 15.1. The van der Waals surface area contributed by atoms with Crippen molar-refractivity contribution in [2.45, 2.75) is 123 Å². The number of carbonyl (C=O) groups is 1. The van der Waals surface area contributed by atoms with Crippen molar-refractivity contribution in [3.05, 3.63) is 106 Å². The average molecular weight is 669 g/mol. The summed E-state index contributed by atoms with van der Waals surface area (Å²) in [5.74, 6) is 2.13. The number of Topliss-reactive ketones (excluding diaryl/α,β-unsaturated/α-hetero) is 1. The average Bonchev–Trinajstić information content (AvgIpc) is 3.39. The molecule has 0 aromatic heterocycles. The predicted octanol–water partition coefficient (Wildman–Crippen LogP) is 10.7. The summed E-state index contributed by atoms with van der Waals surface area (Å²) in [5, 5.41) is 0.0293. The Labute approximate surface area is 290 Å². The number of allylic oxidation sites excluding steroid dienone is 1. The second kappa shape index (κ2) is 16.0. The van der Waals surface area contributed by atoms with E-state index in [4.69, 9.17) is 18.6 Å². The summed E-state index contributed by atoms with van der Waals surface area (Å²) in [6.07, 6.45) is 7.32. The first-order valence-corrected chi connectivity index (χ1v) is 20.9.